The van der Waals surface area contributed by atoms with Crippen LogP contribution in [0.2, 0.25) is 25.5 Å². The lowest BCUT2D eigenvalue weighted by molar-refractivity contribution is -0.0166. The normalized spacial score (nSPS) is 21.9. The van der Waals surface area contributed by atoms with E-state index >= 15 is 0 Å². The summed E-state index contributed by atoms with van der Waals surface area (Å²) in [6, 6.07) is 15.3. The Hall–Kier alpha value is -4.75. The maximum atomic E-state index is 13.8. The lowest BCUT2D eigenvalue weighted by Gasteiger charge is -2.36. The number of rotatable bonds is 9. The number of hydrogen-bond acceptors (Lipinski definition) is 14. The lowest BCUT2D eigenvalue weighted by Crippen LogP contribution is -2.46. The Morgan fingerprint density at radius 2 is 1.04 bits per heavy atom. The third kappa shape index (κ3) is 15.4. The van der Waals surface area contributed by atoms with Crippen LogP contribution in [-0.2, 0) is 29.5 Å². The Labute approximate surface area is 480 Å². The first-order chi connectivity index (χ1) is 36.4. The zero-order chi connectivity index (χ0) is 55.5. The molecule has 424 valence electrons. The highest BCUT2D eigenvalue weighted by Gasteiger charge is 2.35. The molecule has 27 heteroatoms. The summed E-state index contributed by atoms with van der Waals surface area (Å²) in [4.78, 5) is 41.7. The number of carbonyl (C=O) groups is 2. The number of piperidine rings is 2. The molecular weight excluding hydrogens is 1150 g/mol. The molecule has 6 aromatic rings. The van der Waals surface area contributed by atoms with Gasteiger partial charge in [-0.3, -0.25) is 19.0 Å². The van der Waals surface area contributed by atoms with Gasteiger partial charge in [0.25, 0.3) is 11.8 Å². The van der Waals surface area contributed by atoms with Gasteiger partial charge in [-0.05, 0) is 103 Å². The van der Waals surface area contributed by atoms with E-state index in [1.54, 1.807) is 32.5 Å². The summed E-state index contributed by atoms with van der Waals surface area (Å²) in [6.45, 7) is 12.6. The fourth-order valence-electron chi connectivity index (χ4n) is 10.0. The number of nitrogens with zero attached hydrogens (tertiary/aromatic N) is 9. The number of nitrogens with one attached hydrogen (secondary N) is 3. The minimum absolute atomic E-state index is 0. The number of hydrogen-bond donors (Lipinski definition) is 3. The van der Waals surface area contributed by atoms with Gasteiger partial charge in [0.15, 0.2) is 11.3 Å². The van der Waals surface area contributed by atoms with E-state index in [1.165, 1.54) is 40.9 Å². The molecule has 4 aliphatic heterocycles. The summed E-state index contributed by atoms with van der Waals surface area (Å²) in [5.41, 5.74) is 3.12. The zero-order valence-corrected chi connectivity index (χ0v) is 48.6. The molecule has 4 aliphatic rings. The predicted molar refractivity (Wildman–Crippen MR) is 308 cm³/mol. The van der Waals surface area contributed by atoms with Crippen LogP contribution >= 0.6 is 58.0 Å². The van der Waals surface area contributed by atoms with Crippen LogP contribution in [-0.4, -0.2) is 144 Å². The maximum absolute atomic E-state index is 13.8. The SMILES string of the molecule is C.CS(=O)(=O)Nc1ccc(Cl)cc1C(=O)N1CCCC[C@H]1c1cc2nc(Cl)cc(Cl)n2n1.C[C@@H]1CN(c2cc(Cl)nc3cc([C@@H]4CCCCN4C(=O)c4cc(Cl)ccc4NS(C)(=O)=O)nn23)C[C@H](C)O1.C[C@@H]1CNC[C@H](C)O1. The fourth-order valence-corrected chi connectivity index (χ4v) is 12.2. The highest BCUT2D eigenvalue weighted by atomic mass is 35.5. The van der Waals surface area contributed by atoms with E-state index in [0.29, 0.717) is 94.3 Å². The molecule has 2 amide bonds. The molecule has 3 N–H and O–H groups in total. The average Bonchev–Trinajstić information content (AvgIpc) is 3.99. The zero-order valence-electron chi connectivity index (χ0n) is 43.2. The van der Waals surface area contributed by atoms with Gasteiger partial charge in [-0.15, -0.1) is 0 Å². The molecule has 0 spiro atoms. The number of anilines is 3. The molecule has 0 saturated carbocycles. The third-order valence-corrected chi connectivity index (χ3v) is 15.4. The molecular formula is C51H65Cl5N12O8S2. The minimum Gasteiger partial charge on any atom is -0.373 e. The second-order valence-electron chi connectivity index (χ2n) is 19.7. The van der Waals surface area contributed by atoms with Gasteiger partial charge in [-0.25, -0.2) is 31.3 Å². The highest BCUT2D eigenvalue weighted by molar-refractivity contribution is 7.92. The molecule has 0 bridgehead atoms. The van der Waals surface area contributed by atoms with Gasteiger partial charge >= 0.3 is 0 Å². The molecule has 6 atom stereocenters. The van der Waals surface area contributed by atoms with Crippen LogP contribution in [0.4, 0.5) is 17.2 Å². The standard InChI is InChI=1S/C25H30Cl2N6O4S.C19H18Cl3N5O3S.C6H13NO.CH4/c1-15-13-31(14-16(2)37-15)24-12-22(27)28-23-11-20(29-33(23)24)21-6-4-5-9-32(21)25(34)18-10-17(26)7-8-19(18)30-38(3,35)36;1-31(29,30)25-13-6-5-11(20)8-12(13)19(28)26-7-3-2-4-15(26)14-9-18-23-16(21)10-17(22)27(18)24-14;1-5-3-7-4-6(2)8-5;/h7-8,10-12,15-16,21,30H,4-6,9,13-14H2,1-3H3;5-6,8-10,15,25H,2-4,7H2,1H3;5-7H,3-4H2,1-2H3;1H4/t15-,16+,21-;15-;5-,6+;/m00../s1. The summed E-state index contributed by atoms with van der Waals surface area (Å²) < 4.78 is 66.8. The van der Waals surface area contributed by atoms with Crippen LogP contribution in [0, 0.1) is 0 Å². The Balaban J connectivity index is 0.000000198. The summed E-state index contributed by atoms with van der Waals surface area (Å²) in [5, 5.41) is 14.3. The van der Waals surface area contributed by atoms with Crippen molar-refractivity contribution in [1.29, 1.82) is 0 Å². The van der Waals surface area contributed by atoms with Crippen molar-refractivity contribution >= 4 is 118 Å². The summed E-state index contributed by atoms with van der Waals surface area (Å²) in [6.07, 6.45) is 7.84. The molecule has 10 rings (SSSR count). The number of fused-ring (bicyclic) bond motifs is 2. The molecule has 4 saturated heterocycles. The third-order valence-electron chi connectivity index (χ3n) is 13.1. The van der Waals surface area contributed by atoms with Crippen molar-refractivity contribution in [3.63, 3.8) is 0 Å². The van der Waals surface area contributed by atoms with Crippen LogP contribution in [0.5, 0.6) is 0 Å². The molecule has 78 heavy (non-hydrogen) atoms. The fraction of sp³-hybridized carbons (Fsp3) is 0.490. The van der Waals surface area contributed by atoms with Crippen molar-refractivity contribution in [3.05, 3.63) is 109 Å². The van der Waals surface area contributed by atoms with Crippen molar-refractivity contribution in [2.24, 2.45) is 0 Å². The largest absolute Gasteiger partial charge is 0.373 e. The van der Waals surface area contributed by atoms with Gasteiger partial charge in [-0.1, -0.05) is 65.4 Å². The number of aromatic nitrogens is 6. The van der Waals surface area contributed by atoms with Crippen molar-refractivity contribution in [2.45, 2.75) is 110 Å². The Morgan fingerprint density at radius 1 is 0.603 bits per heavy atom. The topological polar surface area (TPSA) is 227 Å². The number of likely N-dealkylation sites (tertiary alicyclic amines) is 2. The van der Waals surface area contributed by atoms with Crippen molar-refractivity contribution < 1.29 is 35.9 Å². The van der Waals surface area contributed by atoms with Crippen molar-refractivity contribution in [3.8, 4) is 0 Å². The van der Waals surface area contributed by atoms with Crippen LogP contribution in [0.15, 0.2) is 60.7 Å². The molecule has 8 heterocycles. The van der Waals surface area contributed by atoms with Gasteiger partial charge in [0.1, 0.15) is 21.3 Å². The number of sulfonamides is 2. The first-order valence-corrected chi connectivity index (χ1v) is 30.8. The quantitative estimate of drug-likeness (QED) is 0.115. The van der Waals surface area contributed by atoms with Crippen LogP contribution in [0.25, 0.3) is 11.3 Å². The van der Waals surface area contributed by atoms with E-state index in [9.17, 15) is 26.4 Å². The van der Waals surface area contributed by atoms with E-state index in [1.807, 2.05) is 19.9 Å². The number of halogens is 5. The molecule has 0 unspecified atom stereocenters. The minimum atomic E-state index is -3.60. The lowest BCUT2D eigenvalue weighted by atomic mass is 9.98. The number of carbonyl (C=O) groups excluding carboxylic acids is 2. The highest BCUT2D eigenvalue weighted by Crippen LogP contribution is 2.37. The van der Waals surface area contributed by atoms with E-state index < -0.39 is 20.0 Å². The van der Waals surface area contributed by atoms with Crippen molar-refractivity contribution in [2.75, 3.05) is 66.1 Å². The van der Waals surface area contributed by atoms with Gasteiger partial charge in [0.05, 0.1) is 82.9 Å². The van der Waals surface area contributed by atoms with Crippen molar-refractivity contribution in [1.82, 2.24) is 44.3 Å². The molecule has 0 aliphatic carbocycles. The van der Waals surface area contributed by atoms with Gasteiger partial charge in [0, 0.05) is 73.6 Å². The predicted octanol–water partition coefficient (Wildman–Crippen LogP) is 9.84. The average molecular weight is 1220 g/mol. The van der Waals surface area contributed by atoms with Gasteiger partial charge in [0.2, 0.25) is 20.0 Å². The molecule has 0 radical (unpaired) electrons. The molecule has 4 aromatic heterocycles. The van der Waals surface area contributed by atoms with Crippen LogP contribution in [0.1, 0.15) is 118 Å². The number of ether oxygens (including phenoxy) is 2. The van der Waals surface area contributed by atoms with Crippen LogP contribution in [0.3, 0.4) is 0 Å². The molecule has 20 nitrogen and oxygen atoms in total. The van der Waals surface area contributed by atoms with Gasteiger partial charge in [-0.2, -0.15) is 14.7 Å². The Kier molecular flexibility index (Phi) is 20.1. The number of morpholine rings is 2. The Morgan fingerprint density at radius 3 is 1.49 bits per heavy atom. The van der Waals surface area contributed by atoms with Crippen LogP contribution < -0.4 is 19.7 Å². The smallest absolute Gasteiger partial charge is 0.256 e. The second-order valence-corrected chi connectivity index (χ2v) is 25.3. The second kappa shape index (κ2) is 25.8. The molecule has 2 aromatic carbocycles. The maximum Gasteiger partial charge on any atom is 0.256 e. The monoisotopic (exact) mass is 1210 g/mol. The summed E-state index contributed by atoms with van der Waals surface area (Å²) in [5.74, 6) is 0.159. The number of benzene rings is 2. The number of amides is 2. The van der Waals surface area contributed by atoms with Gasteiger partial charge < -0.3 is 29.5 Å². The first-order valence-electron chi connectivity index (χ1n) is 25.1. The van der Waals surface area contributed by atoms with E-state index in [0.717, 1.165) is 57.1 Å². The van der Waals surface area contributed by atoms with E-state index in [2.05, 4.69) is 48.6 Å². The van der Waals surface area contributed by atoms with E-state index in [4.69, 9.17) is 72.6 Å². The van der Waals surface area contributed by atoms with E-state index in [-0.39, 0.29) is 71.2 Å². The summed E-state index contributed by atoms with van der Waals surface area (Å²) >= 11 is 30.9. The Bertz CT molecular complexity index is 3350. The molecule has 4 fully saturated rings. The summed E-state index contributed by atoms with van der Waals surface area (Å²) in [7, 11) is -7.18. The first kappa shape index (κ1) is 60.9.